The summed E-state index contributed by atoms with van der Waals surface area (Å²) in [4.78, 5) is 0. The van der Waals surface area contributed by atoms with Crippen LogP contribution in [0.25, 0.3) is 0 Å². The molecule has 1 aliphatic heterocycles. The molecule has 114 valence electrons. The van der Waals surface area contributed by atoms with Gasteiger partial charge in [-0.3, -0.25) is 0 Å². The lowest BCUT2D eigenvalue weighted by Gasteiger charge is -2.41. The Morgan fingerprint density at radius 1 is 0.957 bits per heavy atom. The van der Waals surface area contributed by atoms with Crippen LogP contribution in [-0.4, -0.2) is 0 Å². The van der Waals surface area contributed by atoms with Crippen LogP contribution in [0, 0.1) is 28.6 Å². The first-order valence-electron chi connectivity index (χ1n) is 7.94. The zero-order valence-electron chi connectivity index (χ0n) is 13.1. The molecule has 3 nitrogen and oxygen atoms in total. The highest BCUT2D eigenvalue weighted by atomic mass is 16.5. The number of rotatable bonds is 4. The van der Waals surface area contributed by atoms with E-state index in [1.165, 1.54) is 0 Å². The summed E-state index contributed by atoms with van der Waals surface area (Å²) in [5, 5.41) is 19.4. The smallest absolute Gasteiger partial charge is 0.147 e. The van der Waals surface area contributed by atoms with Crippen LogP contribution in [0.5, 0.6) is 11.5 Å². The fourth-order valence-corrected chi connectivity index (χ4v) is 3.54. The van der Waals surface area contributed by atoms with Gasteiger partial charge in [0.15, 0.2) is 0 Å². The molecule has 0 N–H and O–H groups in total. The van der Waals surface area contributed by atoms with Crippen molar-refractivity contribution in [3.8, 4) is 23.6 Å². The van der Waals surface area contributed by atoms with Gasteiger partial charge < -0.3 is 4.74 Å². The van der Waals surface area contributed by atoms with Crippen molar-refractivity contribution in [2.24, 2.45) is 5.92 Å². The summed E-state index contributed by atoms with van der Waals surface area (Å²) in [5.74, 6) is 0.746. The van der Waals surface area contributed by atoms with E-state index in [-0.39, 0.29) is 0 Å². The molecular weight excluding hydrogens is 284 g/mol. The van der Waals surface area contributed by atoms with E-state index < -0.39 is 11.3 Å². The van der Waals surface area contributed by atoms with Crippen LogP contribution in [0.4, 0.5) is 0 Å². The van der Waals surface area contributed by atoms with Gasteiger partial charge >= 0.3 is 0 Å². The fourth-order valence-electron chi connectivity index (χ4n) is 3.54. The predicted molar refractivity (Wildman–Crippen MR) is 88.0 cm³/mol. The lowest BCUT2D eigenvalue weighted by molar-refractivity contribution is 0.339. The topological polar surface area (TPSA) is 56.8 Å². The first kappa shape index (κ1) is 15.1. The fraction of sp³-hybridized carbons (Fsp3) is 0.300. The number of unbranched alkanes of at least 4 members (excludes halogenated alkanes) is 1. The number of ether oxygens (including phenoxy) is 1. The van der Waals surface area contributed by atoms with Gasteiger partial charge in [0, 0.05) is 11.1 Å². The minimum Gasteiger partial charge on any atom is -0.457 e. The maximum absolute atomic E-state index is 9.68. The van der Waals surface area contributed by atoms with Crippen molar-refractivity contribution in [2.45, 2.75) is 31.6 Å². The van der Waals surface area contributed by atoms with Crippen molar-refractivity contribution in [2.75, 3.05) is 0 Å². The van der Waals surface area contributed by atoms with Crippen molar-refractivity contribution in [1.82, 2.24) is 0 Å². The summed E-state index contributed by atoms with van der Waals surface area (Å²) in [5.41, 5.74) is 1.26. The van der Waals surface area contributed by atoms with E-state index in [1.54, 1.807) is 0 Å². The van der Waals surface area contributed by atoms with Gasteiger partial charge in [0.05, 0.1) is 17.6 Å². The third-order valence-corrected chi connectivity index (χ3v) is 4.63. The van der Waals surface area contributed by atoms with Crippen LogP contribution in [-0.2, 0) is 5.41 Å². The Bertz CT molecular complexity index is 738. The van der Waals surface area contributed by atoms with Crippen LogP contribution in [0.1, 0.15) is 37.3 Å². The monoisotopic (exact) mass is 302 g/mol. The lowest BCUT2D eigenvalue weighted by Crippen LogP contribution is -2.38. The maximum Gasteiger partial charge on any atom is 0.147 e. The van der Waals surface area contributed by atoms with Gasteiger partial charge in [0.2, 0.25) is 0 Å². The van der Waals surface area contributed by atoms with E-state index in [0.717, 1.165) is 41.9 Å². The van der Waals surface area contributed by atoms with Crippen LogP contribution < -0.4 is 4.74 Å². The molecule has 0 radical (unpaired) electrons. The average molecular weight is 302 g/mol. The Balaban J connectivity index is 2.33. The third-order valence-electron chi connectivity index (χ3n) is 4.63. The molecule has 0 saturated carbocycles. The van der Waals surface area contributed by atoms with E-state index in [0.29, 0.717) is 0 Å². The van der Waals surface area contributed by atoms with Crippen molar-refractivity contribution in [3.05, 3.63) is 59.7 Å². The zero-order chi connectivity index (χ0) is 16.3. The minimum atomic E-state index is -0.750. The van der Waals surface area contributed by atoms with Gasteiger partial charge in [-0.15, -0.1) is 0 Å². The SMILES string of the molecule is CCCCC1(C(C#N)C#N)c2ccccc2Oc2ccccc21. The Morgan fingerprint density at radius 3 is 1.96 bits per heavy atom. The van der Waals surface area contributed by atoms with Gasteiger partial charge in [-0.05, 0) is 18.6 Å². The Kier molecular flexibility index (Phi) is 4.04. The van der Waals surface area contributed by atoms with Crippen molar-refractivity contribution in [1.29, 1.82) is 10.5 Å². The van der Waals surface area contributed by atoms with Gasteiger partial charge in [-0.25, -0.2) is 0 Å². The Morgan fingerprint density at radius 2 is 1.48 bits per heavy atom. The molecule has 0 atom stereocenters. The molecule has 23 heavy (non-hydrogen) atoms. The molecule has 0 saturated heterocycles. The van der Waals surface area contributed by atoms with E-state index in [2.05, 4.69) is 19.1 Å². The van der Waals surface area contributed by atoms with Crippen LogP contribution in [0.2, 0.25) is 0 Å². The number of para-hydroxylation sites is 2. The molecule has 0 amide bonds. The Hall–Kier alpha value is -2.78. The number of hydrogen-bond acceptors (Lipinski definition) is 3. The number of benzene rings is 2. The molecule has 0 aliphatic carbocycles. The predicted octanol–water partition coefficient (Wildman–Crippen LogP) is 4.93. The molecule has 0 fully saturated rings. The lowest BCUT2D eigenvalue weighted by atomic mass is 9.62. The molecule has 0 aromatic heterocycles. The van der Waals surface area contributed by atoms with Gasteiger partial charge in [0.1, 0.15) is 17.4 Å². The molecule has 2 aromatic rings. The second-order valence-corrected chi connectivity index (χ2v) is 5.86. The van der Waals surface area contributed by atoms with E-state index >= 15 is 0 Å². The van der Waals surface area contributed by atoms with E-state index in [9.17, 15) is 10.5 Å². The highest BCUT2D eigenvalue weighted by molar-refractivity contribution is 5.59. The summed E-state index contributed by atoms with van der Waals surface area (Å²) in [6.07, 6.45) is 2.71. The first-order valence-corrected chi connectivity index (χ1v) is 7.94. The molecule has 0 spiro atoms. The molecule has 3 rings (SSSR count). The molecular formula is C20H18N2O. The van der Waals surface area contributed by atoms with Gasteiger partial charge in [-0.1, -0.05) is 56.2 Å². The number of hydrogen-bond donors (Lipinski definition) is 0. The number of nitrogens with zero attached hydrogens (tertiary/aromatic N) is 2. The first-order chi connectivity index (χ1) is 11.3. The largest absolute Gasteiger partial charge is 0.457 e. The highest BCUT2D eigenvalue weighted by Crippen LogP contribution is 2.54. The van der Waals surface area contributed by atoms with Crippen molar-refractivity contribution < 1.29 is 4.74 Å². The summed E-state index contributed by atoms with van der Waals surface area (Å²) in [7, 11) is 0. The Labute approximate surface area is 136 Å². The van der Waals surface area contributed by atoms with Gasteiger partial charge in [0.25, 0.3) is 0 Å². The number of fused-ring (bicyclic) bond motifs is 2. The van der Waals surface area contributed by atoms with Crippen molar-refractivity contribution in [3.63, 3.8) is 0 Å². The normalized spacial score (nSPS) is 14.1. The molecule has 2 aromatic carbocycles. The van der Waals surface area contributed by atoms with Crippen molar-refractivity contribution >= 4 is 0 Å². The molecule has 3 heteroatoms. The van der Waals surface area contributed by atoms with E-state index in [1.807, 2.05) is 48.5 Å². The summed E-state index contributed by atoms with van der Waals surface area (Å²) in [6.45, 7) is 2.12. The molecule has 0 bridgehead atoms. The quantitative estimate of drug-likeness (QED) is 0.804. The minimum absolute atomic E-state index is 0.634. The molecule has 1 heterocycles. The third kappa shape index (κ3) is 2.26. The molecule has 0 unspecified atom stereocenters. The van der Waals surface area contributed by atoms with E-state index in [4.69, 9.17) is 4.74 Å². The average Bonchev–Trinajstić information content (AvgIpc) is 2.60. The second kappa shape index (κ2) is 6.15. The van der Waals surface area contributed by atoms with Crippen LogP contribution in [0.15, 0.2) is 48.5 Å². The maximum atomic E-state index is 9.68. The van der Waals surface area contributed by atoms with Gasteiger partial charge in [-0.2, -0.15) is 10.5 Å². The number of nitriles is 2. The molecule has 1 aliphatic rings. The highest BCUT2D eigenvalue weighted by Gasteiger charge is 2.48. The summed E-state index contributed by atoms with van der Waals surface area (Å²) < 4.78 is 6.03. The second-order valence-electron chi connectivity index (χ2n) is 5.86. The standard InChI is InChI=1S/C20H18N2O/c1-2-3-12-20(15(13-21)14-22)16-8-4-6-10-18(16)23-19-11-7-5-9-17(19)20/h4-11,15H,2-3,12H2,1H3. The summed E-state index contributed by atoms with van der Waals surface area (Å²) >= 11 is 0. The van der Waals surface area contributed by atoms with Crippen LogP contribution in [0.3, 0.4) is 0 Å². The van der Waals surface area contributed by atoms with Crippen LogP contribution >= 0.6 is 0 Å². The zero-order valence-corrected chi connectivity index (χ0v) is 13.1. The summed E-state index contributed by atoms with van der Waals surface area (Å²) in [6, 6.07) is 20.0.